The van der Waals surface area contributed by atoms with Gasteiger partial charge >= 0.3 is 0 Å². The molecule has 1 aromatic carbocycles. The van der Waals surface area contributed by atoms with Crippen molar-refractivity contribution in [1.82, 2.24) is 4.90 Å². The van der Waals surface area contributed by atoms with Crippen molar-refractivity contribution in [2.45, 2.75) is 6.10 Å². The Morgan fingerprint density at radius 1 is 1.13 bits per heavy atom. The molecule has 2 nitrogen and oxygen atoms in total. The van der Waals surface area contributed by atoms with Gasteiger partial charge in [-0.05, 0) is 11.1 Å². The minimum Gasteiger partial charge on any atom is -0.391 e. The van der Waals surface area contributed by atoms with Crippen molar-refractivity contribution in [3.05, 3.63) is 42.0 Å². The summed E-state index contributed by atoms with van der Waals surface area (Å²) in [7, 11) is 0. The lowest BCUT2D eigenvalue weighted by Crippen LogP contribution is -2.24. The SMILES string of the molecule is O[C@@H]1CN2CC=C(c3ccccc3)[C@H]1C2. The Hall–Kier alpha value is -1.12. The van der Waals surface area contributed by atoms with Crippen molar-refractivity contribution in [3.8, 4) is 0 Å². The second-order valence-corrected chi connectivity index (χ2v) is 4.42. The van der Waals surface area contributed by atoms with Gasteiger partial charge in [0.15, 0.2) is 0 Å². The van der Waals surface area contributed by atoms with Crippen molar-refractivity contribution in [2.24, 2.45) is 5.92 Å². The fraction of sp³-hybridized carbons (Fsp3) is 0.385. The summed E-state index contributed by atoms with van der Waals surface area (Å²) in [5, 5.41) is 9.95. The smallest absolute Gasteiger partial charge is 0.0748 e. The van der Waals surface area contributed by atoms with Crippen LogP contribution in [0.15, 0.2) is 36.4 Å². The zero-order chi connectivity index (χ0) is 10.3. The van der Waals surface area contributed by atoms with Gasteiger partial charge in [-0.15, -0.1) is 0 Å². The van der Waals surface area contributed by atoms with E-state index in [9.17, 15) is 5.11 Å². The second kappa shape index (κ2) is 3.47. The van der Waals surface area contributed by atoms with Gasteiger partial charge in [0.1, 0.15) is 0 Å². The van der Waals surface area contributed by atoms with Crippen LogP contribution in [0.5, 0.6) is 0 Å². The molecular weight excluding hydrogens is 186 g/mol. The molecule has 0 saturated carbocycles. The van der Waals surface area contributed by atoms with Crippen molar-refractivity contribution in [3.63, 3.8) is 0 Å². The summed E-state index contributed by atoms with van der Waals surface area (Å²) in [4.78, 5) is 2.31. The minimum atomic E-state index is -0.182. The second-order valence-electron chi connectivity index (χ2n) is 4.42. The average Bonchev–Trinajstić information content (AvgIpc) is 2.57. The average molecular weight is 201 g/mol. The third kappa shape index (κ3) is 1.50. The Bertz CT molecular complexity index is 385. The Kier molecular flexibility index (Phi) is 2.11. The molecule has 15 heavy (non-hydrogen) atoms. The van der Waals surface area contributed by atoms with E-state index in [1.165, 1.54) is 11.1 Å². The molecule has 1 saturated heterocycles. The molecule has 2 bridgehead atoms. The lowest BCUT2D eigenvalue weighted by molar-refractivity contribution is 0.164. The summed E-state index contributed by atoms with van der Waals surface area (Å²) in [5.41, 5.74) is 2.60. The molecule has 1 N–H and O–H groups in total. The molecule has 3 atom stereocenters. The van der Waals surface area contributed by atoms with Gasteiger partial charge in [0, 0.05) is 25.6 Å². The molecule has 3 rings (SSSR count). The first-order valence-electron chi connectivity index (χ1n) is 5.50. The topological polar surface area (TPSA) is 23.5 Å². The van der Waals surface area contributed by atoms with E-state index in [2.05, 4.69) is 35.2 Å². The van der Waals surface area contributed by atoms with E-state index in [4.69, 9.17) is 0 Å². The van der Waals surface area contributed by atoms with Gasteiger partial charge in [0.2, 0.25) is 0 Å². The van der Waals surface area contributed by atoms with Crippen molar-refractivity contribution in [2.75, 3.05) is 19.6 Å². The molecule has 2 heterocycles. The molecule has 1 aromatic rings. The Morgan fingerprint density at radius 2 is 1.93 bits per heavy atom. The molecular formula is C13H15NO. The number of aliphatic hydroxyl groups excluding tert-OH is 1. The first-order chi connectivity index (χ1) is 7.34. The van der Waals surface area contributed by atoms with Gasteiger partial charge in [-0.2, -0.15) is 0 Å². The highest BCUT2D eigenvalue weighted by Gasteiger charge is 2.36. The third-order valence-corrected chi connectivity index (χ3v) is 3.44. The van der Waals surface area contributed by atoms with Crippen LogP contribution >= 0.6 is 0 Å². The van der Waals surface area contributed by atoms with Gasteiger partial charge in [0.05, 0.1) is 6.10 Å². The number of aliphatic hydroxyl groups is 1. The van der Waals surface area contributed by atoms with Gasteiger partial charge in [0.25, 0.3) is 0 Å². The largest absolute Gasteiger partial charge is 0.391 e. The quantitative estimate of drug-likeness (QED) is 0.742. The first-order valence-corrected chi connectivity index (χ1v) is 5.50. The summed E-state index contributed by atoms with van der Waals surface area (Å²) < 4.78 is 0. The minimum absolute atomic E-state index is 0.182. The lowest BCUT2D eigenvalue weighted by atomic mass is 9.89. The van der Waals surface area contributed by atoms with E-state index in [1.807, 2.05) is 6.07 Å². The van der Waals surface area contributed by atoms with Crippen LogP contribution in [0.3, 0.4) is 0 Å². The van der Waals surface area contributed by atoms with Crippen LogP contribution in [0.2, 0.25) is 0 Å². The Morgan fingerprint density at radius 3 is 2.73 bits per heavy atom. The highest BCUT2D eigenvalue weighted by Crippen LogP contribution is 2.34. The Labute approximate surface area is 89.8 Å². The standard InChI is InChI=1S/C13H15NO/c15-13-9-14-7-6-11(12(13)8-14)10-4-2-1-3-5-10/h1-6,12-13,15H,7-9H2/t12-,13-/m1/s1. The number of rotatable bonds is 1. The molecule has 2 aliphatic rings. The number of hydrogen-bond acceptors (Lipinski definition) is 2. The van der Waals surface area contributed by atoms with E-state index >= 15 is 0 Å². The van der Waals surface area contributed by atoms with Crippen molar-refractivity contribution >= 4 is 5.57 Å². The molecule has 0 spiro atoms. The normalized spacial score (nSPS) is 33.9. The predicted molar refractivity (Wildman–Crippen MR) is 60.4 cm³/mol. The summed E-state index contributed by atoms with van der Waals surface area (Å²) in [6.07, 6.45) is 2.08. The lowest BCUT2D eigenvalue weighted by Gasteiger charge is -2.23. The van der Waals surface area contributed by atoms with Crippen molar-refractivity contribution < 1.29 is 5.11 Å². The maximum absolute atomic E-state index is 9.95. The molecule has 0 amide bonds. The van der Waals surface area contributed by atoms with Gasteiger partial charge in [-0.1, -0.05) is 36.4 Å². The van der Waals surface area contributed by atoms with Crippen LogP contribution in [-0.4, -0.2) is 35.7 Å². The number of nitrogens with zero attached hydrogens (tertiary/aromatic N) is 1. The van der Waals surface area contributed by atoms with Crippen molar-refractivity contribution in [1.29, 1.82) is 0 Å². The van der Waals surface area contributed by atoms with Gasteiger partial charge in [-0.25, -0.2) is 0 Å². The maximum Gasteiger partial charge on any atom is 0.0748 e. The third-order valence-electron chi connectivity index (χ3n) is 3.44. The van der Waals surface area contributed by atoms with Crippen LogP contribution in [0, 0.1) is 5.92 Å². The molecule has 0 radical (unpaired) electrons. The van der Waals surface area contributed by atoms with E-state index in [0.29, 0.717) is 5.92 Å². The zero-order valence-electron chi connectivity index (χ0n) is 8.63. The highest BCUT2D eigenvalue weighted by atomic mass is 16.3. The molecule has 0 aromatic heterocycles. The molecule has 1 fully saturated rings. The van der Waals surface area contributed by atoms with Crippen LogP contribution in [0.1, 0.15) is 5.56 Å². The van der Waals surface area contributed by atoms with Gasteiger partial charge < -0.3 is 5.11 Å². The molecule has 0 aliphatic carbocycles. The summed E-state index contributed by atoms with van der Waals surface area (Å²) in [6.45, 7) is 2.83. The zero-order valence-corrected chi connectivity index (χ0v) is 8.63. The van der Waals surface area contributed by atoms with Crippen LogP contribution in [-0.2, 0) is 0 Å². The number of benzene rings is 1. The van der Waals surface area contributed by atoms with E-state index in [1.54, 1.807) is 0 Å². The van der Waals surface area contributed by atoms with Crippen LogP contribution in [0.25, 0.3) is 5.57 Å². The molecule has 1 unspecified atom stereocenters. The van der Waals surface area contributed by atoms with Crippen LogP contribution < -0.4 is 0 Å². The van der Waals surface area contributed by atoms with Gasteiger partial charge in [-0.3, -0.25) is 4.90 Å². The highest BCUT2D eigenvalue weighted by molar-refractivity contribution is 5.69. The number of hydrogen-bond donors (Lipinski definition) is 1. The number of fused-ring (bicyclic) bond motifs is 2. The Balaban J connectivity index is 1.97. The van der Waals surface area contributed by atoms with E-state index < -0.39 is 0 Å². The molecule has 78 valence electrons. The summed E-state index contributed by atoms with van der Waals surface area (Å²) in [5.74, 6) is 0.321. The first kappa shape index (κ1) is 9.13. The van der Waals surface area contributed by atoms with E-state index in [0.717, 1.165) is 19.6 Å². The predicted octanol–water partition coefficient (Wildman–Crippen LogP) is 1.38. The van der Waals surface area contributed by atoms with E-state index in [-0.39, 0.29) is 6.10 Å². The fourth-order valence-electron chi connectivity index (χ4n) is 2.66. The molecule has 2 aliphatic heterocycles. The summed E-state index contributed by atoms with van der Waals surface area (Å²) in [6, 6.07) is 10.4. The maximum atomic E-state index is 9.95. The summed E-state index contributed by atoms with van der Waals surface area (Å²) >= 11 is 0. The van der Waals surface area contributed by atoms with Crippen LogP contribution in [0.4, 0.5) is 0 Å². The molecule has 2 heteroatoms. The monoisotopic (exact) mass is 201 g/mol. The fourth-order valence-corrected chi connectivity index (χ4v) is 2.66.